The molecule has 1 aliphatic heterocycles. The molecule has 0 bridgehead atoms. The number of nitrogens with two attached hydrogens (primary N) is 3. The van der Waals surface area contributed by atoms with E-state index in [2.05, 4.69) is 10.6 Å². The monoisotopic (exact) mass is 488 g/mol. The molecule has 0 saturated carbocycles. The van der Waals surface area contributed by atoms with Gasteiger partial charge in [-0.2, -0.15) is 13.2 Å². The zero-order chi connectivity index (χ0) is 25.6. The summed E-state index contributed by atoms with van der Waals surface area (Å²) in [6.07, 6.45) is -4.21. The van der Waals surface area contributed by atoms with Gasteiger partial charge in [-0.3, -0.25) is 14.4 Å². The van der Waals surface area contributed by atoms with Crippen molar-refractivity contribution < 1.29 is 37.6 Å². The number of benzene rings is 1. The number of alkyl halides is 3. The fraction of sp³-hybridized carbons (Fsp3) is 0.526. The maximum atomic E-state index is 13.0. The fourth-order valence-corrected chi connectivity index (χ4v) is 3.49. The molecule has 0 aliphatic carbocycles. The highest BCUT2D eigenvalue weighted by Gasteiger charge is 2.32. The van der Waals surface area contributed by atoms with Gasteiger partial charge in [0.25, 0.3) is 0 Å². The lowest BCUT2D eigenvalue weighted by Gasteiger charge is -2.34. The predicted molar refractivity (Wildman–Crippen MR) is 117 cm³/mol. The third-order valence-corrected chi connectivity index (χ3v) is 5.16. The summed E-state index contributed by atoms with van der Waals surface area (Å²) >= 11 is 0. The molecular formula is C19H28BF3N6O5. The van der Waals surface area contributed by atoms with E-state index in [1.807, 2.05) is 0 Å². The number of nitrogens with one attached hydrogen (secondary N) is 2. The zero-order valence-electron chi connectivity index (χ0n) is 18.2. The van der Waals surface area contributed by atoms with Crippen LogP contribution in [0.15, 0.2) is 18.2 Å². The van der Waals surface area contributed by atoms with Crippen molar-refractivity contribution in [1.82, 2.24) is 10.2 Å². The van der Waals surface area contributed by atoms with E-state index in [-0.39, 0.29) is 36.5 Å². The Morgan fingerprint density at radius 2 is 1.76 bits per heavy atom. The Morgan fingerprint density at radius 3 is 2.32 bits per heavy atom. The van der Waals surface area contributed by atoms with Crippen LogP contribution in [-0.2, 0) is 20.6 Å². The van der Waals surface area contributed by atoms with Crippen LogP contribution < -0.4 is 33.3 Å². The molecule has 2 rings (SSSR count). The number of carbonyl (C=O) groups is 3. The number of rotatable bonds is 8. The van der Waals surface area contributed by atoms with Gasteiger partial charge in [0, 0.05) is 37.3 Å². The third-order valence-electron chi connectivity index (χ3n) is 5.16. The second kappa shape index (κ2) is 11.6. The van der Waals surface area contributed by atoms with Crippen LogP contribution in [0, 0.1) is 0 Å². The number of likely N-dealkylation sites (tertiary alicyclic amines) is 1. The predicted octanol–water partition coefficient (Wildman–Crippen LogP) is -2.57. The SMILES string of the molecule is NC1CC(N)CN(C(=O)CCC(N)C(=O)NCC(=O)Nc2cc(B(O)O)cc(C(F)(F)F)c2)C1. The molecule has 1 aromatic carbocycles. The molecule has 188 valence electrons. The van der Waals surface area contributed by atoms with Gasteiger partial charge in [-0.05, 0) is 30.4 Å². The molecule has 3 amide bonds. The summed E-state index contributed by atoms with van der Waals surface area (Å²) in [6, 6.07) is 0.548. The van der Waals surface area contributed by atoms with Gasteiger partial charge in [-0.25, -0.2) is 0 Å². The van der Waals surface area contributed by atoms with Gasteiger partial charge >= 0.3 is 13.3 Å². The summed E-state index contributed by atoms with van der Waals surface area (Å²) in [5, 5.41) is 22.7. The first-order valence-electron chi connectivity index (χ1n) is 10.5. The van der Waals surface area contributed by atoms with Crippen LogP contribution in [-0.4, -0.2) is 77.5 Å². The maximum absolute atomic E-state index is 13.0. The van der Waals surface area contributed by atoms with Gasteiger partial charge in [-0.1, -0.05) is 6.07 Å². The zero-order valence-corrected chi connectivity index (χ0v) is 18.2. The normalized spacial score (nSPS) is 19.4. The minimum absolute atomic E-state index is 0.00135. The van der Waals surface area contributed by atoms with Crippen molar-refractivity contribution in [3.05, 3.63) is 23.8 Å². The number of halogens is 3. The lowest BCUT2D eigenvalue weighted by Crippen LogP contribution is -2.54. The Hall–Kier alpha value is -2.72. The minimum atomic E-state index is -4.78. The molecule has 1 aromatic rings. The molecule has 0 spiro atoms. The van der Waals surface area contributed by atoms with Crippen LogP contribution in [0.2, 0.25) is 0 Å². The third kappa shape index (κ3) is 8.25. The number of hydrogen-bond acceptors (Lipinski definition) is 8. The Kier molecular flexibility index (Phi) is 9.41. The Morgan fingerprint density at radius 1 is 1.15 bits per heavy atom. The van der Waals surface area contributed by atoms with E-state index in [0.717, 1.165) is 6.07 Å². The van der Waals surface area contributed by atoms with E-state index in [0.29, 0.717) is 31.6 Å². The minimum Gasteiger partial charge on any atom is -0.423 e. The topological polar surface area (TPSA) is 197 Å². The first kappa shape index (κ1) is 27.5. The van der Waals surface area contributed by atoms with Crippen molar-refractivity contribution in [1.29, 1.82) is 0 Å². The molecule has 1 saturated heterocycles. The van der Waals surface area contributed by atoms with Crippen molar-refractivity contribution in [2.75, 3.05) is 25.0 Å². The number of carbonyl (C=O) groups excluding carboxylic acids is 3. The summed E-state index contributed by atoms with van der Waals surface area (Å²) in [7, 11) is -2.19. The quantitative estimate of drug-likeness (QED) is 0.194. The average molecular weight is 488 g/mol. The van der Waals surface area contributed by atoms with Gasteiger partial charge in [0.05, 0.1) is 18.2 Å². The molecule has 1 heterocycles. The van der Waals surface area contributed by atoms with Crippen molar-refractivity contribution in [3.63, 3.8) is 0 Å². The van der Waals surface area contributed by atoms with Gasteiger partial charge in [0.1, 0.15) is 0 Å². The smallest absolute Gasteiger partial charge is 0.423 e. The number of piperidine rings is 1. The average Bonchev–Trinajstić information content (AvgIpc) is 2.73. The lowest BCUT2D eigenvalue weighted by atomic mass is 9.79. The highest BCUT2D eigenvalue weighted by Crippen LogP contribution is 2.30. The summed E-state index contributed by atoms with van der Waals surface area (Å²) in [6.45, 7) is 0.112. The molecule has 3 atom stereocenters. The fourth-order valence-electron chi connectivity index (χ4n) is 3.49. The lowest BCUT2D eigenvalue weighted by molar-refractivity contribution is -0.137. The van der Waals surface area contributed by atoms with Crippen molar-refractivity contribution in [3.8, 4) is 0 Å². The van der Waals surface area contributed by atoms with E-state index < -0.39 is 48.7 Å². The summed E-state index contributed by atoms with van der Waals surface area (Å²) in [5.74, 6) is -1.85. The van der Waals surface area contributed by atoms with Gasteiger partial charge in [0.15, 0.2) is 0 Å². The van der Waals surface area contributed by atoms with Crippen LogP contribution in [0.5, 0.6) is 0 Å². The Labute approximate surface area is 194 Å². The van der Waals surface area contributed by atoms with E-state index in [1.54, 1.807) is 0 Å². The van der Waals surface area contributed by atoms with E-state index in [1.165, 1.54) is 4.90 Å². The van der Waals surface area contributed by atoms with Crippen molar-refractivity contribution >= 4 is 36.0 Å². The number of hydrogen-bond donors (Lipinski definition) is 7. The molecule has 1 fully saturated rings. The maximum Gasteiger partial charge on any atom is 0.488 e. The number of nitrogens with zero attached hydrogens (tertiary/aromatic N) is 1. The van der Waals surface area contributed by atoms with Crippen LogP contribution in [0.25, 0.3) is 0 Å². The van der Waals surface area contributed by atoms with Gasteiger partial charge in [0.2, 0.25) is 17.7 Å². The van der Waals surface area contributed by atoms with Crippen LogP contribution in [0.1, 0.15) is 24.8 Å². The molecule has 1 aliphatic rings. The molecular weight excluding hydrogens is 460 g/mol. The van der Waals surface area contributed by atoms with E-state index in [9.17, 15) is 37.6 Å². The molecule has 0 aromatic heterocycles. The molecule has 0 radical (unpaired) electrons. The molecule has 15 heteroatoms. The first-order chi connectivity index (χ1) is 15.8. The molecule has 3 unspecified atom stereocenters. The molecule has 34 heavy (non-hydrogen) atoms. The molecule has 10 N–H and O–H groups in total. The van der Waals surface area contributed by atoms with Crippen LogP contribution in [0.4, 0.5) is 18.9 Å². The largest absolute Gasteiger partial charge is 0.488 e. The Balaban J connectivity index is 1.85. The molecule has 11 nitrogen and oxygen atoms in total. The number of anilines is 1. The standard InChI is InChI=1S/C19H28BF3N6O5/c21-19(22,23)10-3-11(20(33)34)5-14(4-10)28-16(30)7-27-18(32)15(26)1-2-17(31)29-8-12(24)6-13(25)9-29/h3-5,12-13,15,33-34H,1-2,6-9,24-26H2,(H,27,32)(H,28,30). The summed E-state index contributed by atoms with van der Waals surface area (Å²) < 4.78 is 39.0. The van der Waals surface area contributed by atoms with Gasteiger partial charge < -0.3 is 42.8 Å². The van der Waals surface area contributed by atoms with Gasteiger partial charge in [-0.15, -0.1) is 0 Å². The second-order valence-corrected chi connectivity index (χ2v) is 8.18. The number of amides is 3. The van der Waals surface area contributed by atoms with Crippen molar-refractivity contribution in [2.24, 2.45) is 17.2 Å². The van der Waals surface area contributed by atoms with Crippen LogP contribution >= 0.6 is 0 Å². The summed E-state index contributed by atoms with van der Waals surface area (Å²) in [5.41, 5.74) is 15.5. The highest BCUT2D eigenvalue weighted by molar-refractivity contribution is 6.58. The Bertz CT molecular complexity index is 894. The first-order valence-corrected chi connectivity index (χ1v) is 10.5. The summed E-state index contributed by atoms with van der Waals surface area (Å²) in [4.78, 5) is 38.0. The highest BCUT2D eigenvalue weighted by atomic mass is 19.4. The van der Waals surface area contributed by atoms with Crippen molar-refractivity contribution in [2.45, 2.75) is 43.6 Å². The second-order valence-electron chi connectivity index (χ2n) is 8.18. The van der Waals surface area contributed by atoms with E-state index >= 15 is 0 Å². The van der Waals surface area contributed by atoms with Crippen LogP contribution in [0.3, 0.4) is 0 Å². The van der Waals surface area contributed by atoms with E-state index in [4.69, 9.17) is 17.2 Å².